The fourth-order valence-electron chi connectivity index (χ4n) is 2.56. The molecule has 0 saturated heterocycles. The van der Waals surface area contributed by atoms with Gasteiger partial charge >= 0.3 is 12.0 Å². The predicted molar refractivity (Wildman–Crippen MR) is 82.8 cm³/mol. The van der Waals surface area contributed by atoms with E-state index in [0.29, 0.717) is 10.9 Å². The Hall–Kier alpha value is -1.27. The van der Waals surface area contributed by atoms with E-state index in [-0.39, 0.29) is 23.9 Å². The molecule has 116 valence electrons. The van der Waals surface area contributed by atoms with Crippen molar-refractivity contribution < 1.29 is 14.7 Å². The number of carboxylic acids is 1. The van der Waals surface area contributed by atoms with Gasteiger partial charge in [-0.1, -0.05) is 18.0 Å². The van der Waals surface area contributed by atoms with Crippen molar-refractivity contribution in [3.63, 3.8) is 0 Å². The molecule has 0 aromatic carbocycles. The number of carbonyl (C=O) groups is 2. The van der Waals surface area contributed by atoms with E-state index in [9.17, 15) is 9.59 Å². The second kappa shape index (κ2) is 6.66. The molecule has 0 aliphatic heterocycles. The van der Waals surface area contributed by atoms with Gasteiger partial charge in [0.05, 0.1) is 16.8 Å². The molecule has 1 heterocycles. The molecule has 0 spiro atoms. The van der Waals surface area contributed by atoms with Gasteiger partial charge in [0.2, 0.25) is 0 Å². The summed E-state index contributed by atoms with van der Waals surface area (Å²) in [6.07, 6.45) is 2.86. The molecule has 21 heavy (non-hydrogen) atoms. The van der Waals surface area contributed by atoms with Crippen LogP contribution in [-0.4, -0.2) is 23.7 Å². The van der Waals surface area contributed by atoms with Crippen molar-refractivity contribution in [3.05, 3.63) is 21.3 Å². The van der Waals surface area contributed by atoms with Gasteiger partial charge in [-0.05, 0) is 37.3 Å². The summed E-state index contributed by atoms with van der Waals surface area (Å²) in [5, 5.41) is 14.6. The van der Waals surface area contributed by atoms with Crippen molar-refractivity contribution >= 4 is 34.9 Å². The normalized spacial score (nSPS) is 17.6. The molecule has 2 amide bonds. The molecular weight excluding hydrogens is 312 g/mol. The summed E-state index contributed by atoms with van der Waals surface area (Å²) in [6, 6.07) is 3.28. The Morgan fingerprint density at radius 2 is 2.19 bits per heavy atom. The first-order valence-corrected chi connectivity index (χ1v) is 8.11. The zero-order valence-corrected chi connectivity index (χ0v) is 13.4. The maximum absolute atomic E-state index is 11.9. The van der Waals surface area contributed by atoms with E-state index in [2.05, 4.69) is 10.6 Å². The van der Waals surface area contributed by atoms with Crippen molar-refractivity contribution in [1.29, 1.82) is 0 Å². The molecule has 7 heteroatoms. The minimum atomic E-state index is -0.807. The van der Waals surface area contributed by atoms with Crippen LogP contribution in [0, 0.1) is 5.41 Å². The molecular formula is C14H19ClN2O3S. The maximum atomic E-state index is 11.9. The van der Waals surface area contributed by atoms with Crippen LogP contribution in [-0.2, 0) is 4.79 Å². The zero-order valence-electron chi connectivity index (χ0n) is 11.8. The highest BCUT2D eigenvalue weighted by atomic mass is 35.5. The summed E-state index contributed by atoms with van der Waals surface area (Å²) < 4.78 is 0.689. The van der Waals surface area contributed by atoms with Crippen LogP contribution in [0.25, 0.3) is 0 Å². The van der Waals surface area contributed by atoms with Crippen molar-refractivity contribution in [2.45, 2.75) is 38.6 Å². The summed E-state index contributed by atoms with van der Waals surface area (Å²) in [5.41, 5.74) is -0.265. The average molecular weight is 331 g/mol. The van der Waals surface area contributed by atoms with Gasteiger partial charge in [0.25, 0.3) is 0 Å². The first kappa shape index (κ1) is 16.1. The molecule has 1 aliphatic carbocycles. The van der Waals surface area contributed by atoms with Gasteiger partial charge in [0.1, 0.15) is 0 Å². The number of nitrogens with one attached hydrogen (secondary N) is 2. The van der Waals surface area contributed by atoms with Crippen LogP contribution in [0.5, 0.6) is 0 Å². The lowest BCUT2D eigenvalue weighted by Crippen LogP contribution is -2.46. The van der Waals surface area contributed by atoms with E-state index in [0.717, 1.165) is 24.1 Å². The van der Waals surface area contributed by atoms with E-state index in [1.807, 2.05) is 13.0 Å². The number of hydrogen-bond acceptors (Lipinski definition) is 3. The molecule has 1 unspecified atom stereocenters. The summed E-state index contributed by atoms with van der Waals surface area (Å²) >= 11 is 7.30. The Labute approximate surface area is 132 Å². The fourth-order valence-corrected chi connectivity index (χ4v) is 3.62. The molecule has 2 rings (SSSR count). The number of hydrogen-bond donors (Lipinski definition) is 3. The number of urea groups is 1. The second-order valence-corrected chi connectivity index (χ2v) is 7.36. The minimum absolute atomic E-state index is 0.114. The van der Waals surface area contributed by atoms with Crippen LogP contribution in [0.4, 0.5) is 4.79 Å². The SMILES string of the molecule is CC(NC(=O)NCC1(CC(=O)O)CCC1)c1ccc(Cl)s1. The third-order valence-corrected chi connectivity index (χ3v) is 5.35. The number of aliphatic carboxylic acids is 1. The Morgan fingerprint density at radius 3 is 2.67 bits per heavy atom. The Kier molecular flexibility index (Phi) is 5.11. The van der Waals surface area contributed by atoms with Crippen LogP contribution in [0.1, 0.15) is 43.5 Å². The lowest BCUT2D eigenvalue weighted by atomic mass is 9.66. The third-order valence-electron chi connectivity index (χ3n) is 3.93. The predicted octanol–water partition coefficient (Wildman–Crippen LogP) is 3.41. The number of thiophene rings is 1. The van der Waals surface area contributed by atoms with E-state index in [1.165, 1.54) is 11.3 Å². The third kappa shape index (κ3) is 4.35. The molecule has 5 nitrogen and oxygen atoms in total. The number of rotatable bonds is 6. The highest BCUT2D eigenvalue weighted by Gasteiger charge is 2.39. The van der Waals surface area contributed by atoms with Gasteiger partial charge in [-0.3, -0.25) is 4.79 Å². The highest BCUT2D eigenvalue weighted by Crippen LogP contribution is 2.43. The van der Waals surface area contributed by atoms with E-state index in [4.69, 9.17) is 16.7 Å². The molecule has 1 aliphatic rings. The van der Waals surface area contributed by atoms with Crippen molar-refractivity contribution in [1.82, 2.24) is 10.6 Å². The van der Waals surface area contributed by atoms with Gasteiger partial charge in [-0.25, -0.2) is 4.79 Å². The molecule has 3 N–H and O–H groups in total. The van der Waals surface area contributed by atoms with Gasteiger partial charge in [0.15, 0.2) is 0 Å². The van der Waals surface area contributed by atoms with Crippen molar-refractivity contribution in [2.75, 3.05) is 6.54 Å². The van der Waals surface area contributed by atoms with Crippen LogP contribution in [0.15, 0.2) is 12.1 Å². The smallest absolute Gasteiger partial charge is 0.315 e. The molecule has 0 bridgehead atoms. The first-order valence-electron chi connectivity index (χ1n) is 6.92. The van der Waals surface area contributed by atoms with Gasteiger partial charge < -0.3 is 15.7 Å². The molecule has 0 radical (unpaired) electrons. The fraction of sp³-hybridized carbons (Fsp3) is 0.571. The average Bonchev–Trinajstić information content (AvgIpc) is 2.79. The molecule has 1 fully saturated rings. The Morgan fingerprint density at radius 1 is 1.48 bits per heavy atom. The van der Waals surface area contributed by atoms with Gasteiger partial charge in [0, 0.05) is 11.4 Å². The number of carbonyl (C=O) groups excluding carboxylic acids is 1. The standard InChI is InChI=1S/C14H19ClN2O3S/c1-9(10-3-4-11(15)21-10)17-13(20)16-8-14(5-2-6-14)7-12(18)19/h3-4,9H,2,5-8H2,1H3,(H,18,19)(H2,16,17,20). The topological polar surface area (TPSA) is 78.4 Å². The van der Waals surface area contributed by atoms with Crippen molar-refractivity contribution in [2.24, 2.45) is 5.41 Å². The van der Waals surface area contributed by atoms with Crippen LogP contribution in [0.2, 0.25) is 4.34 Å². The largest absolute Gasteiger partial charge is 0.481 e. The van der Waals surface area contributed by atoms with Crippen LogP contribution < -0.4 is 10.6 Å². The number of carboxylic acid groups (broad SMARTS) is 1. The Bertz CT molecular complexity index is 528. The van der Waals surface area contributed by atoms with E-state index >= 15 is 0 Å². The van der Waals surface area contributed by atoms with Crippen LogP contribution in [0.3, 0.4) is 0 Å². The molecule has 1 saturated carbocycles. The lowest BCUT2D eigenvalue weighted by Gasteiger charge is -2.40. The lowest BCUT2D eigenvalue weighted by molar-refractivity contribution is -0.141. The molecule has 1 atom stereocenters. The van der Waals surface area contributed by atoms with Crippen molar-refractivity contribution in [3.8, 4) is 0 Å². The van der Waals surface area contributed by atoms with Gasteiger partial charge in [-0.2, -0.15) is 0 Å². The summed E-state index contributed by atoms with van der Waals surface area (Å²) in [5.74, 6) is -0.807. The number of amides is 2. The number of halogens is 1. The summed E-state index contributed by atoms with van der Waals surface area (Å²) in [6.45, 7) is 2.29. The molecule has 1 aromatic rings. The quantitative estimate of drug-likeness (QED) is 0.748. The zero-order chi connectivity index (χ0) is 15.5. The maximum Gasteiger partial charge on any atom is 0.315 e. The second-order valence-electron chi connectivity index (χ2n) is 5.61. The highest BCUT2D eigenvalue weighted by molar-refractivity contribution is 7.16. The summed E-state index contributed by atoms with van der Waals surface area (Å²) in [4.78, 5) is 23.8. The van der Waals surface area contributed by atoms with Crippen LogP contribution >= 0.6 is 22.9 Å². The van der Waals surface area contributed by atoms with E-state index in [1.54, 1.807) is 6.07 Å². The molecule has 1 aromatic heterocycles. The van der Waals surface area contributed by atoms with E-state index < -0.39 is 5.97 Å². The first-order chi connectivity index (χ1) is 9.90. The van der Waals surface area contributed by atoms with Gasteiger partial charge in [-0.15, -0.1) is 11.3 Å². The monoisotopic (exact) mass is 330 g/mol. The minimum Gasteiger partial charge on any atom is -0.481 e. The Balaban J connectivity index is 1.80. The summed E-state index contributed by atoms with van der Waals surface area (Å²) in [7, 11) is 0.